The molecule has 0 saturated heterocycles. The largest absolute Gasteiger partial charge is 1.00 e. The van der Waals surface area contributed by atoms with E-state index >= 15 is 0 Å². The van der Waals surface area contributed by atoms with Crippen LogP contribution in [0.15, 0.2) is 24.3 Å². The van der Waals surface area contributed by atoms with Gasteiger partial charge in [-0.3, -0.25) is 9.59 Å². The molecule has 0 fully saturated rings. The molecule has 0 radical (unpaired) electrons. The van der Waals surface area contributed by atoms with Gasteiger partial charge in [0.25, 0.3) is 0 Å². The van der Waals surface area contributed by atoms with Crippen LogP contribution in [0.3, 0.4) is 0 Å². The van der Waals surface area contributed by atoms with Crippen molar-refractivity contribution in [2.24, 2.45) is 5.41 Å². The summed E-state index contributed by atoms with van der Waals surface area (Å²) in [6.45, 7) is 13.7. The van der Waals surface area contributed by atoms with E-state index in [2.05, 4.69) is 56.5 Å². The molecule has 1 aromatic carbocycles. The van der Waals surface area contributed by atoms with Crippen LogP contribution in [0.25, 0.3) is 0 Å². The maximum Gasteiger partial charge on any atom is 1.00 e. The van der Waals surface area contributed by atoms with Crippen LogP contribution in [-0.4, -0.2) is 36.1 Å². The number of hydrogen-bond acceptors (Lipinski definition) is 3. The fraction of sp³-hybridized carbons (Fsp3) is 0.591. The minimum Gasteiger partial charge on any atom is -0.522 e. The van der Waals surface area contributed by atoms with Crippen LogP contribution in [-0.2, 0) is 37.4 Å². The number of alkyl halides is 7. The first-order valence-electron chi connectivity index (χ1n) is 9.81. The first-order chi connectivity index (χ1) is 14.2. The Morgan fingerprint density at radius 3 is 1.85 bits per heavy atom. The van der Waals surface area contributed by atoms with Gasteiger partial charge in [-0.1, -0.05) is 59.7 Å². The topological polar surface area (TPSA) is 37.4 Å². The molecule has 33 heavy (non-hydrogen) atoms. The van der Waals surface area contributed by atoms with E-state index in [1.54, 1.807) is 0 Å². The molecule has 3 nitrogen and oxygen atoms in total. The number of rotatable bonds is 5. The van der Waals surface area contributed by atoms with E-state index in [-0.39, 0.29) is 27.8 Å². The molecule has 0 unspecified atom stereocenters. The first kappa shape index (κ1) is 31.6. The molecule has 0 bridgehead atoms. The fourth-order valence-electron chi connectivity index (χ4n) is 2.93. The molecule has 1 heterocycles. The van der Waals surface area contributed by atoms with Crippen molar-refractivity contribution in [2.75, 3.05) is 11.4 Å². The van der Waals surface area contributed by atoms with Crippen LogP contribution in [0.2, 0.25) is 0 Å². The zero-order valence-electron chi connectivity index (χ0n) is 19.0. The van der Waals surface area contributed by atoms with Crippen LogP contribution in [0, 0.1) is 12.0 Å². The number of para-hydroxylation sites is 1. The fourth-order valence-corrected chi connectivity index (χ4v) is 2.93. The number of hydrogen-bond donors (Lipinski definition) is 0. The Kier molecular flexibility index (Phi) is 10.0. The Balaban J connectivity index is 0.000000635. The number of benzene rings is 1. The molecule has 0 saturated carbocycles. The normalized spacial score (nSPS) is 15.7. The third kappa shape index (κ3) is 6.82. The quantitative estimate of drug-likeness (QED) is 0.177. The molecule has 1 aromatic rings. The number of ketones is 2. The van der Waals surface area contributed by atoms with Crippen LogP contribution in [0.4, 0.5) is 36.4 Å². The number of likely N-dealkylation sites (N-methyl/N-ethyl adjacent to an activating group) is 1. The van der Waals surface area contributed by atoms with Crippen molar-refractivity contribution >= 4 is 17.3 Å². The molecular weight excluding hydrogens is 551 g/mol. The second-order valence-corrected chi connectivity index (χ2v) is 9.07. The predicted molar refractivity (Wildman–Crippen MR) is 107 cm³/mol. The summed E-state index contributed by atoms with van der Waals surface area (Å²) >= 11 is 0. The molecule has 1 aliphatic heterocycles. The van der Waals surface area contributed by atoms with E-state index in [1.165, 1.54) is 32.0 Å². The zero-order valence-corrected chi connectivity index (χ0v) is 20.5. The van der Waals surface area contributed by atoms with Crippen molar-refractivity contribution in [1.82, 2.24) is 0 Å². The summed E-state index contributed by atoms with van der Waals surface area (Å²) in [7, 11) is 0. The van der Waals surface area contributed by atoms with E-state index < -0.39 is 41.4 Å². The van der Waals surface area contributed by atoms with Gasteiger partial charge in [0, 0.05) is 11.1 Å². The van der Waals surface area contributed by atoms with Crippen LogP contribution >= 0.6 is 0 Å². The van der Waals surface area contributed by atoms with Gasteiger partial charge in [0.05, 0.1) is 6.42 Å². The summed E-state index contributed by atoms with van der Waals surface area (Å²) in [5.74, 6) is -16.4. The van der Waals surface area contributed by atoms with Gasteiger partial charge in [-0.05, 0) is 18.2 Å². The average molecular weight is 578 g/mol. The van der Waals surface area contributed by atoms with E-state index in [1.807, 2.05) is 0 Å². The second kappa shape index (κ2) is 10.5. The van der Waals surface area contributed by atoms with E-state index in [9.17, 15) is 40.3 Å². The van der Waals surface area contributed by atoms with Crippen molar-refractivity contribution in [3.05, 3.63) is 36.4 Å². The Morgan fingerprint density at radius 2 is 1.42 bits per heavy atom. The van der Waals surface area contributed by atoms with Gasteiger partial charge >= 0.3 is 40.4 Å². The Labute approximate surface area is 204 Å². The SMILES string of the molecule is CC(C)(C)C(=O)CC(=O)C(F)(F)C(F)(F)C(F)(F)F.CCN1[CH-]C(C)(C)c2ccccc21.[Ag+]. The second-order valence-electron chi connectivity index (χ2n) is 9.07. The molecule has 2 rings (SSSR count). The number of halogens is 7. The minimum atomic E-state index is -6.59. The monoisotopic (exact) mass is 577 g/mol. The van der Waals surface area contributed by atoms with E-state index in [0.29, 0.717) is 0 Å². The maximum absolute atomic E-state index is 12.9. The van der Waals surface area contributed by atoms with E-state index in [4.69, 9.17) is 0 Å². The molecule has 0 aliphatic carbocycles. The predicted octanol–water partition coefficient (Wildman–Crippen LogP) is 6.36. The third-order valence-electron chi connectivity index (χ3n) is 4.99. The Hall–Kier alpha value is -1.39. The van der Waals surface area contributed by atoms with Gasteiger partial charge in [-0.2, -0.15) is 30.7 Å². The number of carbonyl (C=O) groups excluding carboxylic acids is 2. The van der Waals surface area contributed by atoms with Crippen LogP contribution in [0.5, 0.6) is 0 Å². The number of Topliss-reactive ketones (excluding diaryl/α,β-unsaturated/α-hetero) is 2. The summed E-state index contributed by atoms with van der Waals surface area (Å²) in [4.78, 5) is 24.4. The summed E-state index contributed by atoms with van der Waals surface area (Å²) in [6.07, 6.45) is -8.28. The molecule has 0 N–H and O–H groups in total. The van der Waals surface area contributed by atoms with Gasteiger partial charge in [-0.15, -0.1) is 5.41 Å². The summed E-state index contributed by atoms with van der Waals surface area (Å²) in [6, 6.07) is 8.65. The summed E-state index contributed by atoms with van der Waals surface area (Å²) in [5, 5.41) is 0. The smallest absolute Gasteiger partial charge is 0.522 e. The van der Waals surface area contributed by atoms with Gasteiger partial charge in [0.1, 0.15) is 5.78 Å². The van der Waals surface area contributed by atoms with Gasteiger partial charge < -0.3 is 4.90 Å². The van der Waals surface area contributed by atoms with E-state index in [0.717, 1.165) is 6.54 Å². The van der Waals surface area contributed by atoms with Gasteiger partial charge in [-0.25, -0.2) is 6.54 Å². The number of fused-ring (bicyclic) bond motifs is 1. The van der Waals surface area contributed by atoms with Crippen molar-refractivity contribution in [2.45, 2.75) is 71.4 Å². The van der Waals surface area contributed by atoms with Crippen molar-refractivity contribution < 1.29 is 62.7 Å². The maximum atomic E-state index is 12.9. The zero-order chi connectivity index (χ0) is 25.3. The van der Waals surface area contributed by atoms with Gasteiger partial charge in [0.15, 0.2) is 0 Å². The molecule has 1 aliphatic rings. The van der Waals surface area contributed by atoms with Crippen molar-refractivity contribution in [3.63, 3.8) is 0 Å². The Bertz CT molecular complexity index is 846. The molecule has 0 amide bonds. The molecule has 11 heteroatoms. The van der Waals surface area contributed by atoms with Crippen molar-refractivity contribution in [3.8, 4) is 0 Å². The third-order valence-corrected chi connectivity index (χ3v) is 4.99. The minimum absolute atomic E-state index is 0. The standard InChI is InChI=1S/C12H16N.C10H11F7O2.Ag/c1-4-13-9-12(2,3)10-7-5-6-8-11(10)13;1-7(2,3)5(18)4-6(19)8(11,12)9(13,14)10(15,16)17;/h5-9H,4H2,1-3H3;4H2,1-3H3;/q-1;;+1. The van der Waals surface area contributed by atoms with Gasteiger partial charge in [0.2, 0.25) is 5.78 Å². The number of nitrogens with zero attached hydrogens (tertiary/aromatic N) is 1. The summed E-state index contributed by atoms with van der Waals surface area (Å²) in [5.41, 5.74) is 1.71. The molecule has 192 valence electrons. The van der Waals surface area contributed by atoms with Crippen molar-refractivity contribution in [1.29, 1.82) is 0 Å². The van der Waals surface area contributed by atoms with Crippen LogP contribution < -0.4 is 4.90 Å². The summed E-state index contributed by atoms with van der Waals surface area (Å²) < 4.78 is 86.1. The van der Waals surface area contributed by atoms with Crippen LogP contribution in [0.1, 0.15) is 53.5 Å². The number of anilines is 1. The molecular formula is C22H27AgF7NO2. The number of carbonyl (C=O) groups is 2. The average Bonchev–Trinajstić information content (AvgIpc) is 2.91. The Morgan fingerprint density at radius 1 is 0.939 bits per heavy atom. The first-order valence-corrected chi connectivity index (χ1v) is 9.81. The molecule has 0 aromatic heterocycles. The molecule has 0 atom stereocenters. The molecule has 0 spiro atoms.